The Morgan fingerprint density at radius 1 is 1.33 bits per heavy atom. The molecule has 0 aliphatic carbocycles. The Morgan fingerprint density at radius 3 is 2.67 bits per heavy atom. The Labute approximate surface area is 123 Å². The number of carbonyl (C=O) groups is 1. The number of nitrogens with zero attached hydrogens (tertiary/aromatic N) is 3. The molecule has 0 aliphatic rings. The quantitative estimate of drug-likeness (QED) is 0.841. The Hall–Kier alpha value is -2.50. The molecule has 0 unspecified atom stereocenters. The third-order valence-electron chi connectivity index (χ3n) is 3.16. The zero-order valence-corrected chi connectivity index (χ0v) is 12.7. The minimum atomic E-state index is -0.130. The Balaban J connectivity index is 2.23. The number of rotatable bonds is 5. The van der Waals surface area contributed by atoms with Crippen LogP contribution < -0.4 is 9.47 Å². The van der Waals surface area contributed by atoms with Gasteiger partial charge < -0.3 is 14.4 Å². The molecule has 0 N–H and O–H groups in total. The Bertz CT molecular complexity index is 637. The van der Waals surface area contributed by atoms with Gasteiger partial charge in [0.15, 0.2) is 11.5 Å². The maximum Gasteiger partial charge on any atom is 0.257 e. The summed E-state index contributed by atoms with van der Waals surface area (Å²) in [7, 11) is 6.66. The molecule has 1 aromatic carbocycles. The van der Waals surface area contributed by atoms with Gasteiger partial charge in [-0.2, -0.15) is 5.10 Å². The van der Waals surface area contributed by atoms with Crippen LogP contribution >= 0.6 is 0 Å². The lowest BCUT2D eigenvalue weighted by Crippen LogP contribution is -2.26. The molecule has 0 atom stereocenters. The maximum absolute atomic E-state index is 12.6. The van der Waals surface area contributed by atoms with E-state index in [2.05, 4.69) is 5.10 Å². The van der Waals surface area contributed by atoms with Crippen LogP contribution in [0.2, 0.25) is 0 Å². The van der Waals surface area contributed by atoms with Crippen molar-refractivity contribution in [2.24, 2.45) is 7.05 Å². The lowest BCUT2D eigenvalue weighted by molar-refractivity contribution is 0.0781. The average Bonchev–Trinajstić information content (AvgIpc) is 2.90. The highest BCUT2D eigenvalue weighted by Crippen LogP contribution is 2.31. The number of hydrogen-bond acceptors (Lipinski definition) is 4. The van der Waals surface area contributed by atoms with Crippen LogP contribution in [0.25, 0.3) is 0 Å². The summed E-state index contributed by atoms with van der Waals surface area (Å²) in [6, 6.07) is 5.26. The fourth-order valence-electron chi connectivity index (χ4n) is 2.16. The number of amides is 1. The smallest absolute Gasteiger partial charge is 0.257 e. The summed E-state index contributed by atoms with van der Waals surface area (Å²) in [6.07, 6.45) is 3.62. The van der Waals surface area contributed by atoms with Crippen molar-refractivity contribution in [3.8, 4) is 11.5 Å². The highest BCUT2D eigenvalue weighted by atomic mass is 16.5. The summed E-state index contributed by atoms with van der Waals surface area (Å²) < 4.78 is 12.2. The Kier molecular flexibility index (Phi) is 4.47. The first-order valence-corrected chi connectivity index (χ1v) is 6.50. The minimum Gasteiger partial charge on any atom is -0.493 e. The first-order chi connectivity index (χ1) is 10.1. The molecule has 0 saturated carbocycles. The fourth-order valence-corrected chi connectivity index (χ4v) is 2.16. The summed E-state index contributed by atoms with van der Waals surface area (Å²) in [4.78, 5) is 14.2. The second-order valence-corrected chi connectivity index (χ2v) is 4.72. The van der Waals surface area contributed by atoms with Gasteiger partial charge in [-0.1, -0.05) is 6.07 Å². The average molecular weight is 289 g/mol. The molecule has 1 amide bonds. The third-order valence-corrected chi connectivity index (χ3v) is 3.16. The lowest BCUT2D eigenvalue weighted by Gasteiger charge is -2.19. The van der Waals surface area contributed by atoms with Crippen LogP contribution in [0, 0.1) is 0 Å². The van der Waals surface area contributed by atoms with Crippen molar-refractivity contribution in [3.05, 3.63) is 41.7 Å². The van der Waals surface area contributed by atoms with Crippen LogP contribution in [0.3, 0.4) is 0 Å². The van der Waals surface area contributed by atoms with E-state index in [1.807, 2.05) is 13.2 Å². The van der Waals surface area contributed by atoms with Crippen molar-refractivity contribution in [2.75, 3.05) is 21.3 Å². The van der Waals surface area contributed by atoms with E-state index in [0.717, 1.165) is 5.56 Å². The predicted octanol–water partition coefficient (Wildman–Crippen LogP) is 1.71. The molecule has 1 heterocycles. The van der Waals surface area contributed by atoms with Gasteiger partial charge in [0.05, 0.1) is 26.0 Å². The molecule has 112 valence electrons. The number of aromatic nitrogens is 2. The van der Waals surface area contributed by atoms with Crippen LogP contribution in [0.15, 0.2) is 30.6 Å². The molecular weight excluding hydrogens is 270 g/mol. The zero-order chi connectivity index (χ0) is 15.4. The van der Waals surface area contributed by atoms with Gasteiger partial charge in [0, 0.05) is 32.4 Å². The van der Waals surface area contributed by atoms with Crippen LogP contribution in [0.4, 0.5) is 0 Å². The van der Waals surface area contributed by atoms with Gasteiger partial charge in [-0.25, -0.2) is 0 Å². The van der Waals surface area contributed by atoms with Crippen molar-refractivity contribution in [1.82, 2.24) is 14.7 Å². The van der Waals surface area contributed by atoms with Crippen molar-refractivity contribution < 1.29 is 14.3 Å². The topological polar surface area (TPSA) is 56.6 Å². The number of methoxy groups -OCH3 is 2. The molecule has 0 aliphatic heterocycles. The number of benzene rings is 1. The van der Waals surface area contributed by atoms with E-state index in [1.165, 1.54) is 7.11 Å². The summed E-state index contributed by atoms with van der Waals surface area (Å²) in [5, 5.41) is 4.10. The first kappa shape index (κ1) is 14.9. The van der Waals surface area contributed by atoms with Crippen molar-refractivity contribution >= 4 is 5.91 Å². The van der Waals surface area contributed by atoms with E-state index in [-0.39, 0.29) is 5.91 Å². The summed E-state index contributed by atoms with van der Waals surface area (Å²) >= 11 is 0. The second-order valence-electron chi connectivity index (χ2n) is 4.72. The van der Waals surface area contributed by atoms with E-state index in [0.29, 0.717) is 23.6 Å². The molecule has 0 radical (unpaired) electrons. The van der Waals surface area contributed by atoms with Crippen molar-refractivity contribution in [3.63, 3.8) is 0 Å². The third kappa shape index (κ3) is 3.16. The van der Waals surface area contributed by atoms with Gasteiger partial charge >= 0.3 is 0 Å². The van der Waals surface area contributed by atoms with E-state index in [1.54, 1.807) is 48.1 Å². The molecule has 0 fully saturated rings. The molecule has 0 spiro atoms. The van der Waals surface area contributed by atoms with E-state index >= 15 is 0 Å². The SMILES string of the molecule is COc1cccc(C(=O)N(C)Cc2cnn(C)c2)c1OC. The van der Waals surface area contributed by atoms with E-state index < -0.39 is 0 Å². The van der Waals surface area contributed by atoms with Gasteiger partial charge in [0.1, 0.15) is 0 Å². The van der Waals surface area contributed by atoms with Crippen molar-refractivity contribution in [2.45, 2.75) is 6.54 Å². The molecule has 0 saturated heterocycles. The largest absolute Gasteiger partial charge is 0.493 e. The highest BCUT2D eigenvalue weighted by Gasteiger charge is 2.20. The predicted molar refractivity (Wildman–Crippen MR) is 78.6 cm³/mol. The normalized spacial score (nSPS) is 10.3. The number of hydrogen-bond donors (Lipinski definition) is 0. The van der Waals surface area contributed by atoms with E-state index in [4.69, 9.17) is 9.47 Å². The number of ether oxygens (including phenoxy) is 2. The summed E-state index contributed by atoms with van der Waals surface area (Å²) in [5.74, 6) is 0.857. The molecular formula is C15H19N3O3. The van der Waals surface area contributed by atoms with Gasteiger partial charge in [-0.15, -0.1) is 0 Å². The molecule has 6 nitrogen and oxygen atoms in total. The molecule has 21 heavy (non-hydrogen) atoms. The fraction of sp³-hybridized carbons (Fsp3) is 0.333. The number of carbonyl (C=O) groups excluding carboxylic acids is 1. The van der Waals surface area contributed by atoms with Gasteiger partial charge in [0.2, 0.25) is 0 Å². The van der Waals surface area contributed by atoms with Crippen LogP contribution in [0.5, 0.6) is 11.5 Å². The zero-order valence-electron chi connectivity index (χ0n) is 12.7. The highest BCUT2D eigenvalue weighted by molar-refractivity contribution is 5.97. The molecule has 2 rings (SSSR count). The van der Waals surface area contributed by atoms with Gasteiger partial charge in [-0.05, 0) is 12.1 Å². The minimum absolute atomic E-state index is 0.130. The maximum atomic E-state index is 12.6. The lowest BCUT2D eigenvalue weighted by atomic mass is 10.1. The van der Waals surface area contributed by atoms with E-state index in [9.17, 15) is 4.79 Å². The Morgan fingerprint density at radius 2 is 2.10 bits per heavy atom. The second kappa shape index (κ2) is 6.30. The van der Waals surface area contributed by atoms with Crippen LogP contribution in [-0.2, 0) is 13.6 Å². The van der Waals surface area contributed by atoms with Crippen LogP contribution in [0.1, 0.15) is 15.9 Å². The summed E-state index contributed by atoms with van der Waals surface area (Å²) in [5.41, 5.74) is 1.44. The van der Waals surface area contributed by atoms with Crippen molar-refractivity contribution in [1.29, 1.82) is 0 Å². The van der Waals surface area contributed by atoms with Gasteiger partial charge in [-0.3, -0.25) is 9.48 Å². The molecule has 6 heteroatoms. The number of aryl methyl sites for hydroxylation is 1. The molecule has 0 bridgehead atoms. The molecule has 2 aromatic rings. The van der Waals surface area contributed by atoms with Gasteiger partial charge in [0.25, 0.3) is 5.91 Å². The monoisotopic (exact) mass is 289 g/mol. The molecule has 1 aromatic heterocycles. The van der Waals surface area contributed by atoms with Crippen LogP contribution in [-0.4, -0.2) is 41.9 Å². The summed E-state index contributed by atoms with van der Waals surface area (Å²) in [6.45, 7) is 0.479. The number of para-hydroxylation sites is 1. The standard InChI is InChI=1S/C15H19N3O3/c1-17(9-11-8-16-18(2)10-11)15(19)12-6-5-7-13(20-3)14(12)21-4/h5-8,10H,9H2,1-4H3. The first-order valence-electron chi connectivity index (χ1n) is 6.50.